The molecule has 1 aliphatic heterocycles. The van der Waals surface area contributed by atoms with Crippen LogP contribution in [0.1, 0.15) is 16.5 Å². The van der Waals surface area contributed by atoms with Crippen LogP contribution in [0.5, 0.6) is 5.75 Å². The minimum atomic E-state index is -0.661. The summed E-state index contributed by atoms with van der Waals surface area (Å²) >= 11 is 9.68. The molecule has 1 heterocycles. The van der Waals surface area contributed by atoms with Gasteiger partial charge in [-0.15, -0.1) is 11.6 Å². The van der Waals surface area contributed by atoms with Crippen LogP contribution in [0.2, 0.25) is 0 Å². The Morgan fingerprint density at radius 1 is 1.29 bits per heavy atom. The van der Waals surface area contributed by atoms with E-state index in [4.69, 9.17) is 16.3 Å². The summed E-state index contributed by atoms with van der Waals surface area (Å²) in [5, 5.41) is 2.05. The monoisotopic (exact) mass is 369 g/mol. The van der Waals surface area contributed by atoms with Crippen LogP contribution < -0.4 is 10.1 Å². The number of hydrogen-bond acceptors (Lipinski definition) is 2. The number of fused-ring (bicyclic) bond motifs is 1. The van der Waals surface area contributed by atoms with E-state index in [1.54, 1.807) is 30.3 Å². The van der Waals surface area contributed by atoms with E-state index in [-0.39, 0.29) is 18.3 Å². The number of alkyl halides is 1. The summed E-state index contributed by atoms with van der Waals surface area (Å²) in [4.78, 5) is 11.3. The highest BCUT2D eigenvalue weighted by Crippen LogP contribution is 2.37. The first-order chi connectivity index (χ1) is 10.0. The van der Waals surface area contributed by atoms with E-state index in [0.717, 1.165) is 4.47 Å². The Morgan fingerprint density at radius 3 is 2.90 bits per heavy atom. The Labute approximate surface area is 134 Å². The number of benzene rings is 2. The summed E-state index contributed by atoms with van der Waals surface area (Å²) in [6.45, 7) is -0.00307. The van der Waals surface area contributed by atoms with E-state index >= 15 is 0 Å². The average Bonchev–Trinajstić information content (AvgIpc) is 2.48. The van der Waals surface area contributed by atoms with Gasteiger partial charge in [0.25, 0.3) is 5.91 Å². The second kappa shape index (κ2) is 5.66. The fourth-order valence-electron chi connectivity index (χ4n) is 2.15. The van der Waals surface area contributed by atoms with Gasteiger partial charge in [-0.2, -0.15) is 0 Å². The standard InChI is InChI=1S/C15H10BrClFNO2/c16-9-2-3-11(18)10(6-9)15(17)8-1-4-13-12(5-8)19-14(20)7-21-13/h1-6,15H,7H2,(H,19,20). The van der Waals surface area contributed by atoms with E-state index < -0.39 is 5.38 Å². The van der Waals surface area contributed by atoms with E-state index in [1.165, 1.54) is 6.07 Å². The van der Waals surface area contributed by atoms with Gasteiger partial charge in [0, 0.05) is 10.0 Å². The van der Waals surface area contributed by atoms with Gasteiger partial charge in [0.05, 0.1) is 11.1 Å². The lowest BCUT2D eigenvalue weighted by molar-refractivity contribution is -0.118. The van der Waals surface area contributed by atoms with Crippen molar-refractivity contribution in [3.8, 4) is 5.75 Å². The van der Waals surface area contributed by atoms with E-state index in [1.807, 2.05) is 0 Å². The molecule has 0 aliphatic carbocycles. The highest BCUT2D eigenvalue weighted by atomic mass is 79.9. The SMILES string of the molecule is O=C1COc2ccc(C(Cl)c3cc(Br)ccc3F)cc2N1. The number of amides is 1. The fourth-order valence-corrected chi connectivity index (χ4v) is 2.83. The summed E-state index contributed by atoms with van der Waals surface area (Å²) < 4.78 is 19.9. The molecule has 0 saturated heterocycles. The molecule has 2 aromatic rings. The maximum Gasteiger partial charge on any atom is 0.262 e. The molecule has 3 rings (SSSR count). The number of hydrogen-bond donors (Lipinski definition) is 1. The Morgan fingerprint density at radius 2 is 2.10 bits per heavy atom. The lowest BCUT2D eigenvalue weighted by atomic mass is 10.0. The fraction of sp³-hybridized carbons (Fsp3) is 0.133. The number of halogens is 3. The number of carbonyl (C=O) groups excluding carboxylic acids is 1. The lowest BCUT2D eigenvalue weighted by Crippen LogP contribution is -2.25. The first-order valence-electron chi connectivity index (χ1n) is 6.20. The zero-order valence-corrected chi connectivity index (χ0v) is 13.0. The van der Waals surface area contributed by atoms with Gasteiger partial charge in [-0.05, 0) is 35.9 Å². The van der Waals surface area contributed by atoms with E-state index in [2.05, 4.69) is 21.2 Å². The third kappa shape index (κ3) is 2.89. The first-order valence-corrected chi connectivity index (χ1v) is 7.43. The van der Waals surface area contributed by atoms with Crippen LogP contribution in [0.15, 0.2) is 40.9 Å². The minimum Gasteiger partial charge on any atom is -0.482 e. The van der Waals surface area contributed by atoms with Gasteiger partial charge in [0.15, 0.2) is 6.61 Å². The maximum atomic E-state index is 13.9. The summed E-state index contributed by atoms with van der Waals surface area (Å²) in [5.41, 5.74) is 1.59. The third-order valence-corrected chi connectivity index (χ3v) is 4.14. The molecule has 108 valence electrons. The van der Waals surface area contributed by atoms with Gasteiger partial charge in [0.1, 0.15) is 11.6 Å². The molecule has 21 heavy (non-hydrogen) atoms. The van der Waals surface area contributed by atoms with Crippen molar-refractivity contribution in [3.05, 3.63) is 57.8 Å². The van der Waals surface area contributed by atoms with E-state index in [0.29, 0.717) is 22.6 Å². The van der Waals surface area contributed by atoms with Gasteiger partial charge in [-0.1, -0.05) is 22.0 Å². The number of carbonyl (C=O) groups is 1. The molecule has 1 atom stereocenters. The molecule has 0 bridgehead atoms. The Balaban J connectivity index is 1.98. The molecular formula is C15H10BrClFNO2. The highest BCUT2D eigenvalue weighted by molar-refractivity contribution is 9.10. The van der Waals surface area contributed by atoms with Crippen molar-refractivity contribution >= 4 is 39.1 Å². The van der Waals surface area contributed by atoms with Crippen molar-refractivity contribution < 1.29 is 13.9 Å². The summed E-state index contributed by atoms with van der Waals surface area (Å²) in [6, 6.07) is 9.79. The van der Waals surface area contributed by atoms with Crippen LogP contribution in [0, 0.1) is 5.82 Å². The van der Waals surface area contributed by atoms with Crippen LogP contribution in [-0.2, 0) is 4.79 Å². The topological polar surface area (TPSA) is 38.3 Å². The molecule has 0 aromatic heterocycles. The first kappa shape index (κ1) is 14.4. The highest BCUT2D eigenvalue weighted by Gasteiger charge is 2.20. The Kier molecular flexibility index (Phi) is 3.87. The predicted molar refractivity (Wildman–Crippen MR) is 82.4 cm³/mol. The van der Waals surface area contributed by atoms with Crippen LogP contribution in [-0.4, -0.2) is 12.5 Å². The second-order valence-corrected chi connectivity index (χ2v) is 5.97. The quantitative estimate of drug-likeness (QED) is 0.803. The lowest BCUT2D eigenvalue weighted by Gasteiger charge is -2.20. The molecule has 1 aliphatic rings. The molecular weight excluding hydrogens is 361 g/mol. The second-order valence-electron chi connectivity index (χ2n) is 4.62. The normalized spacial score (nSPS) is 14.9. The molecule has 1 amide bonds. The van der Waals surface area contributed by atoms with Crippen LogP contribution >= 0.6 is 27.5 Å². The zero-order chi connectivity index (χ0) is 15.0. The van der Waals surface area contributed by atoms with Gasteiger partial charge in [-0.25, -0.2) is 4.39 Å². The molecule has 0 saturated carbocycles. The molecule has 0 spiro atoms. The van der Waals surface area contributed by atoms with Crippen molar-refractivity contribution in [2.24, 2.45) is 0 Å². The van der Waals surface area contributed by atoms with Crippen LogP contribution in [0.3, 0.4) is 0 Å². The van der Waals surface area contributed by atoms with Gasteiger partial charge < -0.3 is 10.1 Å². The third-order valence-electron chi connectivity index (χ3n) is 3.16. The van der Waals surface area contributed by atoms with Crippen molar-refractivity contribution in [1.29, 1.82) is 0 Å². The van der Waals surface area contributed by atoms with Crippen molar-refractivity contribution in [2.45, 2.75) is 5.38 Å². The number of ether oxygens (including phenoxy) is 1. The Bertz CT molecular complexity index is 723. The molecule has 0 fully saturated rings. The average molecular weight is 371 g/mol. The molecule has 0 radical (unpaired) electrons. The van der Waals surface area contributed by atoms with Gasteiger partial charge in [0.2, 0.25) is 0 Å². The summed E-state index contributed by atoms with van der Waals surface area (Å²) in [6.07, 6.45) is 0. The molecule has 1 unspecified atom stereocenters. The number of rotatable bonds is 2. The minimum absolute atomic E-state index is 0.00307. The van der Waals surface area contributed by atoms with Crippen molar-refractivity contribution in [2.75, 3.05) is 11.9 Å². The Hall–Kier alpha value is -1.59. The summed E-state index contributed by atoms with van der Waals surface area (Å²) in [7, 11) is 0. The van der Waals surface area contributed by atoms with Crippen LogP contribution in [0.4, 0.5) is 10.1 Å². The zero-order valence-electron chi connectivity index (χ0n) is 10.7. The largest absolute Gasteiger partial charge is 0.482 e. The van der Waals surface area contributed by atoms with Gasteiger partial charge >= 0.3 is 0 Å². The molecule has 3 nitrogen and oxygen atoms in total. The number of anilines is 1. The van der Waals surface area contributed by atoms with Crippen molar-refractivity contribution in [3.63, 3.8) is 0 Å². The van der Waals surface area contributed by atoms with Crippen molar-refractivity contribution in [1.82, 2.24) is 0 Å². The van der Waals surface area contributed by atoms with Crippen LogP contribution in [0.25, 0.3) is 0 Å². The number of nitrogens with one attached hydrogen (secondary N) is 1. The smallest absolute Gasteiger partial charge is 0.262 e. The predicted octanol–water partition coefficient (Wildman–Crippen LogP) is 4.25. The van der Waals surface area contributed by atoms with Gasteiger partial charge in [-0.3, -0.25) is 4.79 Å². The molecule has 2 aromatic carbocycles. The molecule has 1 N–H and O–H groups in total. The summed E-state index contributed by atoms with van der Waals surface area (Å²) in [5.74, 6) is -0.0208. The van der Waals surface area contributed by atoms with E-state index in [9.17, 15) is 9.18 Å². The maximum absolute atomic E-state index is 13.9. The molecule has 6 heteroatoms.